The molecule has 0 heterocycles. The lowest BCUT2D eigenvalue weighted by molar-refractivity contribution is -0.146. The number of nitrogens with two attached hydrogens (primary N) is 1. The van der Waals surface area contributed by atoms with E-state index in [1.54, 1.807) is 0 Å². The highest BCUT2D eigenvalue weighted by atomic mass is 16.5. The van der Waals surface area contributed by atoms with Gasteiger partial charge in [-0.25, -0.2) is 0 Å². The van der Waals surface area contributed by atoms with Crippen LogP contribution in [0.25, 0.3) is 0 Å². The monoisotopic (exact) mass is 594 g/mol. The summed E-state index contributed by atoms with van der Waals surface area (Å²) in [5.41, 5.74) is 5.80. The predicted molar refractivity (Wildman–Crippen MR) is 187 cm³/mol. The van der Waals surface area contributed by atoms with Crippen LogP contribution in [0.1, 0.15) is 226 Å². The molecule has 0 spiro atoms. The maximum Gasteiger partial charge on any atom is 0.323 e. The fraction of sp³-hybridized carbons (Fsp3) is 0.974. The molecule has 42 heavy (non-hydrogen) atoms. The minimum atomic E-state index is -0.478. The number of hydrogen-bond donors (Lipinski definition) is 1. The van der Waals surface area contributed by atoms with Crippen molar-refractivity contribution in [3.05, 3.63) is 0 Å². The lowest BCUT2D eigenvalue weighted by Crippen LogP contribution is -2.37. The van der Waals surface area contributed by atoms with Crippen LogP contribution in [0.3, 0.4) is 0 Å². The second kappa shape index (κ2) is 34.9. The Kier molecular flexibility index (Phi) is 34.4. The molecule has 0 saturated heterocycles. The third-order valence-corrected chi connectivity index (χ3v) is 9.23. The van der Waals surface area contributed by atoms with Crippen molar-refractivity contribution < 1.29 is 9.53 Å². The number of hydrogen-bond acceptors (Lipinski definition) is 3. The molecule has 0 aliphatic carbocycles. The first-order chi connectivity index (χ1) is 20.6. The molecule has 252 valence electrons. The molecule has 0 aliphatic heterocycles. The van der Waals surface area contributed by atoms with E-state index in [4.69, 9.17) is 10.5 Å². The largest absolute Gasteiger partial charge is 0.465 e. The Hall–Kier alpha value is -0.570. The number of esters is 1. The quantitative estimate of drug-likeness (QED) is 0.0587. The predicted octanol–water partition coefficient (Wildman–Crippen LogP) is 13.0. The number of rotatable bonds is 35. The first kappa shape index (κ1) is 41.4. The summed E-state index contributed by atoms with van der Waals surface area (Å²) in [5.74, 6) is -0.101. The third kappa shape index (κ3) is 32.3. The van der Waals surface area contributed by atoms with E-state index in [2.05, 4.69) is 6.92 Å². The van der Waals surface area contributed by atoms with E-state index in [0.717, 1.165) is 12.8 Å². The molecule has 3 nitrogen and oxygen atoms in total. The summed E-state index contributed by atoms with van der Waals surface area (Å²) in [6.07, 6.45) is 45.4. The van der Waals surface area contributed by atoms with Gasteiger partial charge in [-0.15, -0.1) is 0 Å². The van der Waals surface area contributed by atoms with Crippen molar-refractivity contribution in [2.75, 3.05) is 6.61 Å². The minimum absolute atomic E-state index is 0.144. The second-order valence-electron chi connectivity index (χ2n) is 13.9. The average Bonchev–Trinajstić information content (AvgIpc) is 2.98. The van der Waals surface area contributed by atoms with Crippen LogP contribution < -0.4 is 5.73 Å². The Labute approximate surface area is 265 Å². The highest BCUT2D eigenvalue weighted by Crippen LogP contribution is 2.17. The van der Waals surface area contributed by atoms with Crippen molar-refractivity contribution in [3.63, 3.8) is 0 Å². The molecule has 0 saturated carbocycles. The number of ether oxygens (including phenoxy) is 1. The molecule has 0 aliphatic rings. The first-order valence-electron chi connectivity index (χ1n) is 19.5. The molecule has 0 fully saturated rings. The molecule has 0 unspecified atom stereocenters. The number of carbonyl (C=O) groups is 1. The van der Waals surface area contributed by atoms with E-state index in [9.17, 15) is 4.79 Å². The lowest BCUT2D eigenvalue weighted by atomic mass is 10.0. The zero-order valence-corrected chi connectivity index (χ0v) is 29.4. The summed E-state index contributed by atoms with van der Waals surface area (Å²) >= 11 is 0. The molecule has 0 aromatic rings. The van der Waals surface area contributed by atoms with Crippen LogP contribution >= 0.6 is 0 Å². The summed E-state index contributed by atoms with van der Waals surface area (Å²) in [7, 11) is 0. The SMILES string of the molecule is CCCCCCCCCCCCCCCCCCCCCCCCCCCCCCCCCCOC(=O)[C@@H](N)C(C)C. The van der Waals surface area contributed by atoms with Gasteiger partial charge in [-0.05, 0) is 12.3 Å². The van der Waals surface area contributed by atoms with Crippen molar-refractivity contribution in [1.82, 2.24) is 0 Å². The summed E-state index contributed by atoms with van der Waals surface area (Å²) in [4.78, 5) is 11.7. The van der Waals surface area contributed by atoms with E-state index in [1.807, 2.05) is 13.8 Å². The van der Waals surface area contributed by atoms with Gasteiger partial charge < -0.3 is 10.5 Å². The topological polar surface area (TPSA) is 52.3 Å². The maximum absolute atomic E-state index is 11.7. The molecular formula is C39H79NO2. The maximum atomic E-state index is 11.7. The van der Waals surface area contributed by atoms with Gasteiger partial charge in [0.05, 0.1) is 6.61 Å². The average molecular weight is 594 g/mol. The number of unbranched alkanes of at least 4 members (excludes halogenated alkanes) is 31. The Bertz CT molecular complexity index is 521. The fourth-order valence-corrected chi connectivity index (χ4v) is 6.02. The Morgan fingerprint density at radius 2 is 0.643 bits per heavy atom. The van der Waals surface area contributed by atoms with Crippen LogP contribution in [0.2, 0.25) is 0 Å². The van der Waals surface area contributed by atoms with Crippen LogP contribution in [-0.2, 0) is 9.53 Å². The smallest absolute Gasteiger partial charge is 0.323 e. The molecule has 0 aromatic heterocycles. The van der Waals surface area contributed by atoms with Crippen molar-refractivity contribution >= 4 is 5.97 Å². The van der Waals surface area contributed by atoms with Crippen LogP contribution in [-0.4, -0.2) is 18.6 Å². The lowest BCUT2D eigenvalue weighted by Gasteiger charge is -2.14. The van der Waals surface area contributed by atoms with Gasteiger partial charge in [0.2, 0.25) is 0 Å². The Morgan fingerprint density at radius 3 is 0.857 bits per heavy atom. The van der Waals surface area contributed by atoms with Gasteiger partial charge in [0.15, 0.2) is 0 Å². The van der Waals surface area contributed by atoms with Crippen LogP contribution in [0.15, 0.2) is 0 Å². The van der Waals surface area contributed by atoms with Crippen molar-refractivity contribution in [3.8, 4) is 0 Å². The Morgan fingerprint density at radius 1 is 0.429 bits per heavy atom. The normalized spacial score (nSPS) is 12.3. The summed E-state index contributed by atoms with van der Waals surface area (Å²) < 4.78 is 5.27. The van der Waals surface area contributed by atoms with E-state index < -0.39 is 6.04 Å². The highest BCUT2D eigenvalue weighted by Gasteiger charge is 2.18. The third-order valence-electron chi connectivity index (χ3n) is 9.23. The zero-order valence-electron chi connectivity index (χ0n) is 29.4. The molecule has 2 N–H and O–H groups in total. The molecule has 0 bridgehead atoms. The molecule has 1 atom stereocenters. The summed E-state index contributed by atoms with van der Waals surface area (Å²) in [5, 5.41) is 0. The molecular weight excluding hydrogens is 514 g/mol. The highest BCUT2D eigenvalue weighted by molar-refractivity contribution is 5.75. The van der Waals surface area contributed by atoms with Gasteiger partial charge in [-0.1, -0.05) is 220 Å². The molecule has 0 rings (SSSR count). The van der Waals surface area contributed by atoms with E-state index in [0.29, 0.717) is 6.61 Å². The van der Waals surface area contributed by atoms with Crippen LogP contribution in [0, 0.1) is 5.92 Å². The van der Waals surface area contributed by atoms with E-state index >= 15 is 0 Å². The van der Waals surface area contributed by atoms with E-state index in [-0.39, 0.29) is 11.9 Å². The summed E-state index contributed by atoms with van der Waals surface area (Å²) in [6.45, 7) is 6.74. The Balaban J connectivity index is 3.10. The van der Waals surface area contributed by atoms with Crippen LogP contribution in [0.5, 0.6) is 0 Å². The van der Waals surface area contributed by atoms with Gasteiger partial charge >= 0.3 is 5.97 Å². The van der Waals surface area contributed by atoms with Crippen LogP contribution in [0.4, 0.5) is 0 Å². The summed E-state index contributed by atoms with van der Waals surface area (Å²) in [6, 6.07) is -0.478. The minimum Gasteiger partial charge on any atom is -0.465 e. The van der Waals surface area contributed by atoms with Crippen molar-refractivity contribution in [2.24, 2.45) is 11.7 Å². The van der Waals surface area contributed by atoms with Crippen molar-refractivity contribution in [2.45, 2.75) is 232 Å². The first-order valence-corrected chi connectivity index (χ1v) is 19.5. The van der Waals surface area contributed by atoms with Gasteiger partial charge in [0.1, 0.15) is 6.04 Å². The molecule has 0 amide bonds. The fourth-order valence-electron chi connectivity index (χ4n) is 6.02. The van der Waals surface area contributed by atoms with Crippen molar-refractivity contribution in [1.29, 1.82) is 0 Å². The van der Waals surface area contributed by atoms with E-state index in [1.165, 1.54) is 193 Å². The number of carbonyl (C=O) groups excluding carboxylic acids is 1. The van der Waals surface area contributed by atoms with Gasteiger partial charge in [-0.2, -0.15) is 0 Å². The standard InChI is InChI=1S/C39H79NO2/c1-4-5-6-7-8-9-10-11-12-13-14-15-16-17-18-19-20-21-22-23-24-25-26-27-28-29-30-31-32-33-34-35-36-42-39(41)38(40)37(2)3/h37-38H,4-36,40H2,1-3H3/t38-/m0/s1. The second-order valence-corrected chi connectivity index (χ2v) is 13.9. The molecule has 0 radical (unpaired) electrons. The van der Waals surface area contributed by atoms with Gasteiger partial charge in [0.25, 0.3) is 0 Å². The molecule has 0 aromatic carbocycles. The molecule has 3 heteroatoms. The van der Waals surface area contributed by atoms with Gasteiger partial charge in [0, 0.05) is 0 Å². The van der Waals surface area contributed by atoms with Gasteiger partial charge in [-0.3, -0.25) is 4.79 Å². The zero-order chi connectivity index (χ0) is 30.8.